The van der Waals surface area contributed by atoms with E-state index < -0.39 is 11.9 Å². The molecule has 1 atom stereocenters. The van der Waals surface area contributed by atoms with E-state index in [0.717, 1.165) is 12.0 Å². The van der Waals surface area contributed by atoms with Crippen molar-refractivity contribution in [3.05, 3.63) is 34.3 Å². The van der Waals surface area contributed by atoms with Gasteiger partial charge in [0.1, 0.15) is 0 Å². The lowest BCUT2D eigenvalue weighted by Gasteiger charge is -2.30. The van der Waals surface area contributed by atoms with Crippen molar-refractivity contribution in [3.63, 3.8) is 0 Å². The van der Waals surface area contributed by atoms with E-state index in [1.54, 1.807) is 17.0 Å². The van der Waals surface area contributed by atoms with E-state index in [-0.39, 0.29) is 12.5 Å². The van der Waals surface area contributed by atoms with Gasteiger partial charge in [-0.15, -0.1) is 0 Å². The van der Waals surface area contributed by atoms with E-state index >= 15 is 0 Å². The van der Waals surface area contributed by atoms with E-state index in [2.05, 4.69) is 0 Å². The molecule has 114 valence electrons. The maximum Gasteiger partial charge on any atom is 0.308 e. The van der Waals surface area contributed by atoms with E-state index in [1.165, 1.54) is 0 Å². The van der Waals surface area contributed by atoms with Crippen molar-refractivity contribution in [3.8, 4) is 0 Å². The summed E-state index contributed by atoms with van der Waals surface area (Å²) in [5.74, 6) is -1.14. The molecule has 0 spiro atoms. The van der Waals surface area contributed by atoms with E-state index in [9.17, 15) is 9.59 Å². The zero-order valence-corrected chi connectivity index (χ0v) is 13.1. The smallest absolute Gasteiger partial charge is 0.308 e. The molecule has 4 nitrogen and oxygen atoms in total. The molecule has 21 heavy (non-hydrogen) atoms. The molecule has 0 saturated carbocycles. The molecule has 1 fully saturated rings. The Bertz CT molecular complexity index is 556. The largest absolute Gasteiger partial charge is 0.481 e. The topological polar surface area (TPSA) is 57.6 Å². The second kappa shape index (κ2) is 6.48. The number of aliphatic carboxylic acids is 1. The highest BCUT2D eigenvalue weighted by molar-refractivity contribution is 6.31. The van der Waals surface area contributed by atoms with Crippen LogP contribution in [0, 0.1) is 5.92 Å². The maximum atomic E-state index is 12.5. The van der Waals surface area contributed by atoms with E-state index in [4.69, 9.17) is 16.7 Å². The van der Waals surface area contributed by atoms with Crippen LogP contribution in [0.2, 0.25) is 5.02 Å². The number of piperidine rings is 1. The van der Waals surface area contributed by atoms with Crippen molar-refractivity contribution in [2.75, 3.05) is 13.1 Å². The third kappa shape index (κ3) is 3.56. The van der Waals surface area contributed by atoms with Gasteiger partial charge in [0.25, 0.3) is 5.91 Å². The molecule has 0 aliphatic carbocycles. The molecular formula is C16H20ClNO3. The molecule has 1 N–H and O–H groups in total. The summed E-state index contributed by atoms with van der Waals surface area (Å²) in [4.78, 5) is 25.2. The zero-order valence-electron chi connectivity index (χ0n) is 12.3. The van der Waals surface area contributed by atoms with Gasteiger partial charge in [0, 0.05) is 23.7 Å². The predicted molar refractivity (Wildman–Crippen MR) is 81.8 cm³/mol. The van der Waals surface area contributed by atoms with Crippen LogP contribution in [0.1, 0.15) is 48.5 Å². The standard InChI is InChI=1S/C16H20ClNO3/c1-10(2)13-6-5-11(8-14(13)17)15(19)18-7-3-4-12(9-18)16(20)21/h5-6,8,10,12H,3-4,7,9H2,1-2H3,(H,20,21)/t12-/m0/s1. The number of rotatable bonds is 3. The van der Waals surface area contributed by atoms with Crippen LogP contribution in [0.4, 0.5) is 0 Å². The lowest BCUT2D eigenvalue weighted by atomic mass is 9.97. The first-order chi connectivity index (χ1) is 9.90. The first-order valence-electron chi connectivity index (χ1n) is 7.21. The fourth-order valence-corrected chi connectivity index (χ4v) is 3.07. The van der Waals surface area contributed by atoms with Crippen molar-refractivity contribution in [1.82, 2.24) is 4.90 Å². The highest BCUT2D eigenvalue weighted by Gasteiger charge is 2.28. The van der Waals surface area contributed by atoms with Crippen molar-refractivity contribution in [1.29, 1.82) is 0 Å². The van der Waals surface area contributed by atoms with Crippen LogP contribution in [0.3, 0.4) is 0 Å². The third-order valence-electron chi connectivity index (χ3n) is 3.93. The van der Waals surface area contributed by atoms with Crippen LogP contribution >= 0.6 is 11.6 Å². The normalized spacial score (nSPS) is 18.9. The molecule has 1 heterocycles. The molecule has 1 aromatic rings. The van der Waals surface area contributed by atoms with Crippen LogP contribution in [0.5, 0.6) is 0 Å². The Hall–Kier alpha value is -1.55. The van der Waals surface area contributed by atoms with Gasteiger partial charge in [-0.3, -0.25) is 9.59 Å². The Balaban J connectivity index is 2.16. The Morgan fingerprint density at radius 3 is 2.67 bits per heavy atom. The number of benzene rings is 1. The lowest BCUT2D eigenvalue weighted by Crippen LogP contribution is -2.42. The average molecular weight is 310 g/mol. The molecule has 0 aromatic heterocycles. The molecule has 0 radical (unpaired) electrons. The van der Waals surface area contributed by atoms with Crippen molar-refractivity contribution >= 4 is 23.5 Å². The summed E-state index contributed by atoms with van der Waals surface area (Å²) in [7, 11) is 0. The molecular weight excluding hydrogens is 290 g/mol. The molecule has 0 unspecified atom stereocenters. The zero-order chi connectivity index (χ0) is 15.6. The molecule has 0 bridgehead atoms. The van der Waals surface area contributed by atoms with Crippen LogP contribution < -0.4 is 0 Å². The maximum absolute atomic E-state index is 12.5. The second-order valence-electron chi connectivity index (χ2n) is 5.82. The average Bonchev–Trinajstić information content (AvgIpc) is 2.46. The summed E-state index contributed by atoms with van der Waals surface area (Å²) in [6.45, 7) is 4.97. The number of carbonyl (C=O) groups is 2. The summed E-state index contributed by atoms with van der Waals surface area (Å²) >= 11 is 6.22. The summed E-state index contributed by atoms with van der Waals surface area (Å²) in [6.07, 6.45) is 1.35. The van der Waals surface area contributed by atoms with Gasteiger partial charge in [-0.2, -0.15) is 0 Å². The minimum atomic E-state index is -0.833. The fourth-order valence-electron chi connectivity index (χ4n) is 2.67. The highest BCUT2D eigenvalue weighted by atomic mass is 35.5. The minimum absolute atomic E-state index is 0.141. The molecule has 1 aliphatic heterocycles. The van der Waals surface area contributed by atoms with Gasteiger partial charge in [-0.1, -0.05) is 31.5 Å². The Labute approximate surface area is 129 Å². The number of hydrogen-bond acceptors (Lipinski definition) is 2. The summed E-state index contributed by atoms with van der Waals surface area (Å²) in [6, 6.07) is 5.33. The monoisotopic (exact) mass is 309 g/mol. The number of halogens is 1. The summed E-state index contributed by atoms with van der Waals surface area (Å²) in [5.41, 5.74) is 1.53. The van der Waals surface area contributed by atoms with E-state index in [0.29, 0.717) is 29.5 Å². The van der Waals surface area contributed by atoms with Gasteiger partial charge in [0.05, 0.1) is 5.92 Å². The first-order valence-corrected chi connectivity index (χ1v) is 7.59. The van der Waals surface area contributed by atoms with Gasteiger partial charge in [-0.25, -0.2) is 0 Å². The van der Waals surface area contributed by atoms with Crippen molar-refractivity contribution < 1.29 is 14.7 Å². The van der Waals surface area contributed by atoms with Crippen molar-refractivity contribution in [2.24, 2.45) is 5.92 Å². The molecule has 1 saturated heterocycles. The number of likely N-dealkylation sites (tertiary alicyclic amines) is 1. The van der Waals surface area contributed by atoms with Gasteiger partial charge < -0.3 is 10.0 Å². The Kier molecular flexibility index (Phi) is 4.88. The SMILES string of the molecule is CC(C)c1ccc(C(=O)N2CCC[C@H](C(=O)O)C2)cc1Cl. The predicted octanol–water partition coefficient (Wildman–Crippen LogP) is 3.40. The Morgan fingerprint density at radius 2 is 2.10 bits per heavy atom. The van der Waals surface area contributed by atoms with Crippen molar-refractivity contribution in [2.45, 2.75) is 32.6 Å². The number of carboxylic acids is 1. The third-order valence-corrected chi connectivity index (χ3v) is 4.25. The first kappa shape index (κ1) is 15.8. The number of nitrogens with zero attached hydrogens (tertiary/aromatic N) is 1. The molecule has 2 rings (SSSR count). The van der Waals surface area contributed by atoms with E-state index in [1.807, 2.05) is 19.9 Å². The summed E-state index contributed by atoms with van der Waals surface area (Å²) < 4.78 is 0. The van der Waals surface area contributed by atoms with Crippen LogP contribution in [0.25, 0.3) is 0 Å². The van der Waals surface area contributed by atoms with Gasteiger partial charge in [-0.05, 0) is 36.5 Å². The van der Waals surface area contributed by atoms with Crippen LogP contribution in [0.15, 0.2) is 18.2 Å². The lowest BCUT2D eigenvalue weighted by molar-refractivity contribution is -0.143. The number of carbonyl (C=O) groups excluding carboxylic acids is 1. The number of amides is 1. The number of carboxylic acid groups (broad SMARTS) is 1. The van der Waals surface area contributed by atoms with Gasteiger partial charge in [0.15, 0.2) is 0 Å². The minimum Gasteiger partial charge on any atom is -0.481 e. The molecule has 1 aliphatic rings. The quantitative estimate of drug-likeness (QED) is 0.931. The second-order valence-corrected chi connectivity index (χ2v) is 6.23. The van der Waals surface area contributed by atoms with Gasteiger partial charge in [0.2, 0.25) is 0 Å². The Morgan fingerprint density at radius 1 is 1.38 bits per heavy atom. The molecule has 5 heteroatoms. The molecule has 1 aromatic carbocycles. The number of hydrogen-bond donors (Lipinski definition) is 1. The van der Waals surface area contributed by atoms with Crippen LogP contribution in [-0.2, 0) is 4.79 Å². The van der Waals surface area contributed by atoms with Crippen LogP contribution in [-0.4, -0.2) is 35.0 Å². The summed E-state index contributed by atoms with van der Waals surface area (Å²) in [5, 5.41) is 9.68. The highest BCUT2D eigenvalue weighted by Crippen LogP contribution is 2.26. The van der Waals surface area contributed by atoms with Gasteiger partial charge >= 0.3 is 5.97 Å². The molecule has 1 amide bonds. The fraction of sp³-hybridized carbons (Fsp3) is 0.500.